The number of nitrogens with one attached hydrogen (secondary N) is 1. The molecule has 1 fully saturated rings. The van der Waals surface area contributed by atoms with Gasteiger partial charge in [-0.1, -0.05) is 53.3 Å². The fraction of sp³-hybridized carbons (Fsp3) is 0.333. The first kappa shape index (κ1) is 18.3. The Hall–Kier alpha value is -2.11. The van der Waals surface area contributed by atoms with Crippen molar-refractivity contribution in [2.24, 2.45) is 5.92 Å². The second-order valence-corrected chi connectivity index (χ2v) is 8.46. The SMILES string of the molecule is CC(NC(=O)C1CCN(c2nc3cc(Cl)ccc3s2)CC1)c1ccccc1. The number of hydrogen-bond donors (Lipinski definition) is 1. The highest BCUT2D eigenvalue weighted by atomic mass is 35.5. The molecule has 0 bridgehead atoms. The van der Waals surface area contributed by atoms with Crippen molar-refractivity contribution in [2.75, 3.05) is 18.0 Å². The predicted molar refractivity (Wildman–Crippen MR) is 113 cm³/mol. The van der Waals surface area contributed by atoms with Gasteiger partial charge in [0.05, 0.1) is 16.3 Å². The summed E-state index contributed by atoms with van der Waals surface area (Å²) in [4.78, 5) is 19.6. The molecule has 0 aliphatic carbocycles. The molecule has 1 amide bonds. The van der Waals surface area contributed by atoms with Crippen LogP contribution >= 0.6 is 22.9 Å². The first-order chi connectivity index (χ1) is 13.1. The normalized spacial score (nSPS) is 16.4. The summed E-state index contributed by atoms with van der Waals surface area (Å²) in [6.07, 6.45) is 1.70. The highest BCUT2D eigenvalue weighted by Gasteiger charge is 2.27. The van der Waals surface area contributed by atoms with Gasteiger partial charge in [-0.15, -0.1) is 0 Å². The molecule has 1 saturated heterocycles. The lowest BCUT2D eigenvalue weighted by Gasteiger charge is -2.31. The van der Waals surface area contributed by atoms with Crippen molar-refractivity contribution < 1.29 is 4.79 Å². The number of aromatic nitrogens is 1. The fourth-order valence-electron chi connectivity index (χ4n) is 3.51. The zero-order chi connectivity index (χ0) is 18.8. The first-order valence-corrected chi connectivity index (χ1v) is 10.5. The van der Waals surface area contributed by atoms with Crippen molar-refractivity contribution in [3.8, 4) is 0 Å². The minimum atomic E-state index is 0.0331. The van der Waals surface area contributed by atoms with Gasteiger partial charge in [0, 0.05) is 24.0 Å². The van der Waals surface area contributed by atoms with Crippen LogP contribution in [0.25, 0.3) is 10.2 Å². The maximum absolute atomic E-state index is 12.6. The summed E-state index contributed by atoms with van der Waals surface area (Å²) in [6, 6.07) is 15.9. The Balaban J connectivity index is 1.36. The molecule has 3 aromatic rings. The van der Waals surface area contributed by atoms with Crippen molar-refractivity contribution in [1.82, 2.24) is 10.3 Å². The van der Waals surface area contributed by atoms with Crippen molar-refractivity contribution >= 4 is 44.2 Å². The van der Waals surface area contributed by atoms with Crippen LogP contribution in [0.4, 0.5) is 5.13 Å². The maximum atomic E-state index is 12.6. The number of carbonyl (C=O) groups is 1. The lowest BCUT2D eigenvalue weighted by molar-refractivity contribution is -0.126. The molecule has 4 rings (SSSR count). The number of amides is 1. The van der Waals surface area contributed by atoms with E-state index in [1.807, 2.05) is 55.5 Å². The van der Waals surface area contributed by atoms with Gasteiger partial charge in [-0.2, -0.15) is 0 Å². The van der Waals surface area contributed by atoms with E-state index in [0.717, 1.165) is 46.8 Å². The number of rotatable bonds is 4. The average Bonchev–Trinajstić information content (AvgIpc) is 3.12. The molecule has 1 aliphatic heterocycles. The van der Waals surface area contributed by atoms with Crippen LogP contribution < -0.4 is 10.2 Å². The van der Waals surface area contributed by atoms with E-state index in [1.54, 1.807) is 11.3 Å². The van der Waals surface area contributed by atoms with Crippen LogP contribution in [0.1, 0.15) is 31.4 Å². The van der Waals surface area contributed by atoms with Crippen LogP contribution in [0.5, 0.6) is 0 Å². The van der Waals surface area contributed by atoms with Gasteiger partial charge < -0.3 is 10.2 Å². The van der Waals surface area contributed by atoms with Crippen LogP contribution in [0, 0.1) is 5.92 Å². The Labute approximate surface area is 168 Å². The molecule has 1 aromatic heterocycles. The number of carbonyl (C=O) groups excluding carboxylic acids is 1. The number of anilines is 1. The molecule has 27 heavy (non-hydrogen) atoms. The summed E-state index contributed by atoms with van der Waals surface area (Å²) in [5, 5.41) is 4.89. The lowest BCUT2D eigenvalue weighted by Crippen LogP contribution is -2.41. The van der Waals surface area contributed by atoms with E-state index in [1.165, 1.54) is 0 Å². The molecule has 1 unspecified atom stereocenters. The number of fused-ring (bicyclic) bond motifs is 1. The quantitative estimate of drug-likeness (QED) is 0.668. The Morgan fingerprint density at radius 2 is 1.96 bits per heavy atom. The van der Waals surface area contributed by atoms with E-state index >= 15 is 0 Å². The number of benzene rings is 2. The van der Waals surface area contributed by atoms with Crippen molar-refractivity contribution in [2.45, 2.75) is 25.8 Å². The van der Waals surface area contributed by atoms with Crippen LogP contribution in [0.3, 0.4) is 0 Å². The Bertz CT molecular complexity index is 935. The van der Waals surface area contributed by atoms with Gasteiger partial charge >= 0.3 is 0 Å². The van der Waals surface area contributed by atoms with Gasteiger partial charge in [-0.25, -0.2) is 4.98 Å². The molecule has 1 aliphatic rings. The lowest BCUT2D eigenvalue weighted by atomic mass is 9.95. The third-order valence-electron chi connectivity index (χ3n) is 5.13. The number of nitrogens with zero attached hydrogens (tertiary/aromatic N) is 2. The van der Waals surface area contributed by atoms with Crippen LogP contribution in [0.15, 0.2) is 48.5 Å². The zero-order valence-corrected chi connectivity index (χ0v) is 16.8. The largest absolute Gasteiger partial charge is 0.349 e. The van der Waals surface area contributed by atoms with E-state index in [2.05, 4.69) is 10.2 Å². The van der Waals surface area contributed by atoms with Gasteiger partial charge in [0.15, 0.2) is 5.13 Å². The highest BCUT2D eigenvalue weighted by Crippen LogP contribution is 2.32. The summed E-state index contributed by atoms with van der Waals surface area (Å²) in [5.41, 5.74) is 2.08. The molecule has 0 saturated carbocycles. The zero-order valence-electron chi connectivity index (χ0n) is 15.2. The minimum absolute atomic E-state index is 0.0331. The van der Waals surface area contributed by atoms with Crippen LogP contribution in [-0.4, -0.2) is 24.0 Å². The van der Waals surface area contributed by atoms with Crippen LogP contribution in [0.2, 0.25) is 5.02 Å². The van der Waals surface area contributed by atoms with Crippen molar-refractivity contribution in [3.63, 3.8) is 0 Å². The van der Waals surface area contributed by atoms with E-state index in [4.69, 9.17) is 16.6 Å². The van der Waals surface area contributed by atoms with Crippen molar-refractivity contribution in [3.05, 3.63) is 59.1 Å². The average molecular weight is 400 g/mol. The number of halogens is 1. The smallest absolute Gasteiger partial charge is 0.223 e. The maximum Gasteiger partial charge on any atom is 0.223 e. The number of hydrogen-bond acceptors (Lipinski definition) is 4. The summed E-state index contributed by atoms with van der Waals surface area (Å²) >= 11 is 7.75. The topological polar surface area (TPSA) is 45.2 Å². The first-order valence-electron chi connectivity index (χ1n) is 9.26. The molecule has 1 N–H and O–H groups in total. The molecular formula is C21H22ClN3OS. The minimum Gasteiger partial charge on any atom is -0.349 e. The standard InChI is InChI=1S/C21H22ClN3OS/c1-14(15-5-3-2-4-6-15)23-20(26)16-9-11-25(12-10-16)21-24-18-13-17(22)7-8-19(18)27-21/h2-8,13-14,16H,9-12H2,1H3,(H,23,26). The third-order valence-corrected chi connectivity index (χ3v) is 6.47. The van der Waals surface area contributed by atoms with Gasteiger partial charge in [0.1, 0.15) is 0 Å². The van der Waals surface area contributed by atoms with E-state index in [-0.39, 0.29) is 17.9 Å². The van der Waals surface area contributed by atoms with Gasteiger partial charge in [0.2, 0.25) is 5.91 Å². The van der Waals surface area contributed by atoms with E-state index in [9.17, 15) is 4.79 Å². The monoisotopic (exact) mass is 399 g/mol. The van der Waals surface area contributed by atoms with Crippen molar-refractivity contribution in [1.29, 1.82) is 0 Å². The molecule has 140 valence electrons. The molecule has 6 heteroatoms. The Morgan fingerprint density at radius 1 is 1.22 bits per heavy atom. The number of piperidine rings is 1. The predicted octanol–water partition coefficient (Wildman–Crippen LogP) is 5.04. The summed E-state index contributed by atoms with van der Waals surface area (Å²) in [6.45, 7) is 3.74. The summed E-state index contributed by atoms with van der Waals surface area (Å²) in [7, 11) is 0. The second-order valence-electron chi connectivity index (χ2n) is 7.01. The molecule has 4 nitrogen and oxygen atoms in total. The Morgan fingerprint density at radius 3 is 2.70 bits per heavy atom. The third kappa shape index (κ3) is 4.09. The molecule has 0 radical (unpaired) electrons. The molecule has 1 atom stereocenters. The second kappa shape index (κ2) is 7.87. The summed E-state index contributed by atoms with van der Waals surface area (Å²) < 4.78 is 1.14. The van der Waals surface area contributed by atoms with E-state index in [0.29, 0.717) is 5.02 Å². The molecule has 2 aromatic carbocycles. The molecular weight excluding hydrogens is 378 g/mol. The van der Waals surface area contributed by atoms with Gasteiger partial charge in [-0.05, 0) is 43.5 Å². The molecule has 0 spiro atoms. The van der Waals surface area contributed by atoms with E-state index < -0.39 is 0 Å². The highest BCUT2D eigenvalue weighted by molar-refractivity contribution is 7.22. The fourth-order valence-corrected chi connectivity index (χ4v) is 4.68. The Kier molecular flexibility index (Phi) is 5.32. The van der Waals surface area contributed by atoms with Gasteiger partial charge in [-0.3, -0.25) is 4.79 Å². The number of thiazole rings is 1. The molecule has 2 heterocycles. The van der Waals surface area contributed by atoms with Crippen LogP contribution in [-0.2, 0) is 4.79 Å². The summed E-state index contributed by atoms with van der Waals surface area (Å²) in [5.74, 6) is 0.221. The van der Waals surface area contributed by atoms with Gasteiger partial charge in [0.25, 0.3) is 0 Å².